The monoisotopic (exact) mass is 411 g/mol. The Kier molecular flexibility index (Phi) is 7.14. The van der Waals surface area contributed by atoms with E-state index >= 15 is 0 Å². The Morgan fingerprint density at radius 2 is 1.37 bits per heavy atom. The summed E-state index contributed by atoms with van der Waals surface area (Å²) in [7, 11) is 0. The smallest absolute Gasteiger partial charge is 0.261 e. The van der Waals surface area contributed by atoms with Gasteiger partial charge in [-0.3, -0.25) is 4.79 Å². The van der Waals surface area contributed by atoms with E-state index in [2.05, 4.69) is 5.32 Å². The zero-order chi connectivity index (χ0) is 21.4. The summed E-state index contributed by atoms with van der Waals surface area (Å²) in [5.74, 6) is -0.855. The molecular formula is C24H23F2NO3. The van der Waals surface area contributed by atoms with Gasteiger partial charge >= 0.3 is 0 Å². The lowest BCUT2D eigenvalue weighted by atomic mass is 9.85. The number of unbranched alkanes of at least 4 members (excludes halogenated alkanes) is 1. The van der Waals surface area contributed by atoms with Crippen LogP contribution in [0.4, 0.5) is 8.78 Å². The molecule has 0 aliphatic heterocycles. The summed E-state index contributed by atoms with van der Waals surface area (Å²) in [5, 5.41) is 14.0. The second-order valence-corrected chi connectivity index (χ2v) is 6.85. The number of ether oxygens (including phenoxy) is 1. The summed E-state index contributed by atoms with van der Waals surface area (Å²) in [6.45, 7) is 0.821. The van der Waals surface area contributed by atoms with Gasteiger partial charge < -0.3 is 15.2 Å². The Morgan fingerprint density at radius 3 is 1.90 bits per heavy atom. The van der Waals surface area contributed by atoms with Crippen LogP contribution in [0.1, 0.15) is 24.0 Å². The molecule has 4 nitrogen and oxygen atoms in total. The number of amides is 1. The highest BCUT2D eigenvalue weighted by atomic mass is 19.1. The molecule has 0 aliphatic carbocycles. The molecule has 30 heavy (non-hydrogen) atoms. The molecule has 3 rings (SSSR count). The van der Waals surface area contributed by atoms with Crippen LogP contribution in [-0.2, 0) is 10.4 Å². The van der Waals surface area contributed by atoms with Gasteiger partial charge in [0.05, 0.1) is 6.61 Å². The lowest BCUT2D eigenvalue weighted by Gasteiger charge is -2.28. The van der Waals surface area contributed by atoms with E-state index in [1.54, 1.807) is 0 Å². The summed E-state index contributed by atoms with van der Waals surface area (Å²) < 4.78 is 32.3. The SMILES string of the molecule is O=C(NCCCCOc1ccccc1)C(O)(c1ccc(F)cc1)c1ccc(F)cc1. The van der Waals surface area contributed by atoms with Crippen molar-refractivity contribution in [2.45, 2.75) is 18.4 Å². The van der Waals surface area contributed by atoms with E-state index in [-0.39, 0.29) is 11.1 Å². The van der Waals surface area contributed by atoms with Crippen molar-refractivity contribution in [2.24, 2.45) is 0 Å². The minimum Gasteiger partial charge on any atom is -0.494 e. The molecule has 0 heterocycles. The molecule has 0 saturated carbocycles. The standard InChI is InChI=1S/C24H23F2NO3/c25-20-12-8-18(9-13-20)24(29,19-10-14-21(26)15-11-19)23(28)27-16-4-5-17-30-22-6-2-1-3-7-22/h1-3,6-15,29H,4-5,16-17H2,(H,27,28). The van der Waals surface area contributed by atoms with E-state index < -0.39 is 23.1 Å². The number of hydrogen-bond acceptors (Lipinski definition) is 3. The van der Waals surface area contributed by atoms with Crippen LogP contribution in [0.2, 0.25) is 0 Å². The third-order valence-electron chi connectivity index (χ3n) is 4.72. The van der Waals surface area contributed by atoms with Crippen LogP contribution in [0.5, 0.6) is 5.75 Å². The number of halogens is 2. The minimum atomic E-state index is -2.07. The average Bonchev–Trinajstić information content (AvgIpc) is 2.77. The van der Waals surface area contributed by atoms with Crippen molar-refractivity contribution in [1.29, 1.82) is 0 Å². The van der Waals surface area contributed by atoms with Gasteiger partial charge in [0, 0.05) is 6.54 Å². The van der Waals surface area contributed by atoms with Gasteiger partial charge in [-0.15, -0.1) is 0 Å². The summed E-state index contributed by atoms with van der Waals surface area (Å²) >= 11 is 0. The molecule has 156 valence electrons. The zero-order valence-corrected chi connectivity index (χ0v) is 16.4. The summed E-state index contributed by atoms with van der Waals surface area (Å²) in [6, 6.07) is 19.4. The van der Waals surface area contributed by atoms with Crippen molar-refractivity contribution in [3.05, 3.63) is 102 Å². The van der Waals surface area contributed by atoms with Gasteiger partial charge in [-0.2, -0.15) is 0 Å². The lowest BCUT2D eigenvalue weighted by Crippen LogP contribution is -2.45. The van der Waals surface area contributed by atoms with Crippen molar-refractivity contribution in [3.63, 3.8) is 0 Å². The van der Waals surface area contributed by atoms with Crippen molar-refractivity contribution in [3.8, 4) is 5.75 Å². The van der Waals surface area contributed by atoms with E-state index in [1.807, 2.05) is 30.3 Å². The maximum atomic E-state index is 13.3. The van der Waals surface area contributed by atoms with E-state index in [0.29, 0.717) is 26.0 Å². The number of para-hydroxylation sites is 1. The van der Waals surface area contributed by atoms with Gasteiger partial charge in [0.1, 0.15) is 17.4 Å². The van der Waals surface area contributed by atoms with E-state index in [1.165, 1.54) is 24.3 Å². The molecular weight excluding hydrogens is 388 g/mol. The van der Waals surface area contributed by atoms with Crippen LogP contribution in [0.3, 0.4) is 0 Å². The molecule has 0 saturated heterocycles. The van der Waals surface area contributed by atoms with Crippen LogP contribution in [0.15, 0.2) is 78.9 Å². The summed E-state index contributed by atoms with van der Waals surface area (Å²) in [4.78, 5) is 12.9. The molecule has 6 heteroatoms. The zero-order valence-electron chi connectivity index (χ0n) is 16.4. The Balaban J connectivity index is 1.62. The fourth-order valence-electron chi connectivity index (χ4n) is 3.07. The Bertz CT molecular complexity index is 899. The highest BCUT2D eigenvalue weighted by molar-refractivity contribution is 5.90. The van der Waals surface area contributed by atoms with Crippen molar-refractivity contribution in [2.75, 3.05) is 13.2 Å². The fourth-order valence-corrected chi connectivity index (χ4v) is 3.07. The minimum absolute atomic E-state index is 0.195. The number of hydrogen-bond donors (Lipinski definition) is 2. The molecule has 0 aliphatic rings. The number of nitrogens with one attached hydrogen (secondary N) is 1. The van der Waals surface area contributed by atoms with Gasteiger partial charge in [0.15, 0.2) is 5.60 Å². The van der Waals surface area contributed by atoms with Gasteiger partial charge in [-0.05, 0) is 60.4 Å². The van der Waals surface area contributed by atoms with Gasteiger partial charge in [-0.1, -0.05) is 42.5 Å². The molecule has 0 aromatic heterocycles. The number of carbonyl (C=O) groups is 1. The second-order valence-electron chi connectivity index (χ2n) is 6.85. The molecule has 2 N–H and O–H groups in total. The van der Waals surface area contributed by atoms with Gasteiger partial charge in [-0.25, -0.2) is 8.78 Å². The molecule has 0 spiro atoms. The van der Waals surface area contributed by atoms with Crippen molar-refractivity contribution < 1.29 is 23.4 Å². The van der Waals surface area contributed by atoms with Crippen LogP contribution >= 0.6 is 0 Å². The molecule has 0 unspecified atom stereocenters. The number of rotatable bonds is 9. The lowest BCUT2D eigenvalue weighted by molar-refractivity contribution is -0.136. The first-order chi connectivity index (χ1) is 14.5. The van der Waals surface area contributed by atoms with Gasteiger partial charge in [0.2, 0.25) is 0 Å². The van der Waals surface area contributed by atoms with E-state index in [4.69, 9.17) is 4.74 Å². The van der Waals surface area contributed by atoms with E-state index in [0.717, 1.165) is 30.0 Å². The maximum absolute atomic E-state index is 13.3. The molecule has 0 fully saturated rings. The van der Waals surface area contributed by atoms with Gasteiger partial charge in [0.25, 0.3) is 5.91 Å². The highest BCUT2D eigenvalue weighted by Gasteiger charge is 2.39. The van der Waals surface area contributed by atoms with Crippen molar-refractivity contribution in [1.82, 2.24) is 5.32 Å². The largest absolute Gasteiger partial charge is 0.494 e. The number of benzene rings is 3. The molecule has 0 bridgehead atoms. The van der Waals surface area contributed by atoms with E-state index in [9.17, 15) is 18.7 Å². The number of carbonyl (C=O) groups excluding carboxylic acids is 1. The fraction of sp³-hybridized carbons (Fsp3) is 0.208. The van der Waals surface area contributed by atoms with Crippen LogP contribution in [0, 0.1) is 11.6 Å². The van der Waals surface area contributed by atoms with Crippen molar-refractivity contribution >= 4 is 5.91 Å². The predicted octanol–water partition coefficient (Wildman–Crippen LogP) is 4.18. The third-order valence-corrected chi connectivity index (χ3v) is 4.72. The first kappa shape index (κ1) is 21.5. The van der Waals surface area contributed by atoms with Crippen LogP contribution < -0.4 is 10.1 Å². The Hall–Kier alpha value is -3.25. The third kappa shape index (κ3) is 5.21. The average molecular weight is 411 g/mol. The number of aliphatic hydroxyl groups is 1. The molecule has 3 aromatic carbocycles. The maximum Gasteiger partial charge on any atom is 0.261 e. The molecule has 0 atom stereocenters. The normalized spacial score (nSPS) is 11.2. The summed E-state index contributed by atoms with van der Waals surface area (Å²) in [6.07, 6.45) is 1.35. The predicted molar refractivity (Wildman–Crippen MR) is 110 cm³/mol. The van der Waals surface area contributed by atoms with Crippen LogP contribution in [0.25, 0.3) is 0 Å². The first-order valence-corrected chi connectivity index (χ1v) is 9.71. The Morgan fingerprint density at radius 1 is 0.833 bits per heavy atom. The molecule has 0 radical (unpaired) electrons. The highest BCUT2D eigenvalue weighted by Crippen LogP contribution is 2.30. The van der Waals surface area contributed by atoms with Crippen LogP contribution in [-0.4, -0.2) is 24.2 Å². The molecule has 3 aromatic rings. The molecule has 1 amide bonds. The summed E-state index contributed by atoms with van der Waals surface area (Å²) in [5.41, 5.74) is -1.68. The second kappa shape index (κ2) is 9.98. The topological polar surface area (TPSA) is 58.6 Å². The Labute approximate surface area is 174 Å². The quantitative estimate of drug-likeness (QED) is 0.520. The first-order valence-electron chi connectivity index (χ1n) is 9.71.